The Labute approximate surface area is 156 Å². The average molecular weight is 436 g/mol. The van der Waals surface area contributed by atoms with Crippen molar-refractivity contribution in [2.75, 3.05) is 0 Å². The molecule has 0 aliphatic heterocycles. The van der Waals surface area contributed by atoms with Gasteiger partial charge in [-0.1, -0.05) is 95.3 Å². The number of hydrogen-bond donors (Lipinski definition) is 0. The van der Waals surface area contributed by atoms with Crippen molar-refractivity contribution >= 4 is 28.1 Å². The highest BCUT2D eigenvalue weighted by Gasteiger charge is 2.41. The Kier molecular flexibility index (Phi) is 6.12. The number of halogens is 1. The van der Waals surface area contributed by atoms with E-state index in [-0.39, 0.29) is 0 Å². The lowest BCUT2D eigenvalue weighted by atomic mass is 9.83. The molecule has 0 saturated carbocycles. The molecule has 0 aliphatic rings. The molecule has 0 amide bonds. The van der Waals surface area contributed by atoms with Gasteiger partial charge in [0.2, 0.25) is 0 Å². The highest BCUT2D eigenvalue weighted by atomic mass is 127. The Bertz CT molecular complexity index is 604. The fourth-order valence-corrected chi connectivity index (χ4v) is 10.0. The minimum atomic E-state index is -1.03. The molecule has 0 aromatic heterocycles. The van der Waals surface area contributed by atoms with Gasteiger partial charge in [-0.25, -0.2) is 0 Å². The van der Waals surface area contributed by atoms with Crippen molar-refractivity contribution in [1.29, 1.82) is 0 Å². The smallest absolute Gasteiger partial charge is 0.122 e. The molecule has 2 aromatic rings. The van der Waals surface area contributed by atoms with E-state index in [0.29, 0.717) is 10.5 Å². The lowest BCUT2D eigenvalue weighted by Crippen LogP contribution is -2.41. The van der Waals surface area contributed by atoms with E-state index in [9.17, 15) is 0 Å². The molecule has 23 heavy (non-hydrogen) atoms. The largest absolute Gasteiger partial charge is 0.123 e. The molecule has 0 spiro atoms. The third-order valence-corrected chi connectivity index (χ3v) is 16.8. The summed E-state index contributed by atoms with van der Waals surface area (Å²) in [6.45, 7) is 12.3. The minimum absolute atomic E-state index is 0.301. The highest BCUT2D eigenvalue weighted by molar-refractivity contribution is 14.1. The zero-order valence-corrected chi connectivity index (χ0v) is 18.3. The highest BCUT2D eigenvalue weighted by Crippen LogP contribution is 2.45. The van der Waals surface area contributed by atoms with Gasteiger partial charge < -0.3 is 0 Å². The van der Waals surface area contributed by atoms with Crippen LogP contribution in [0.2, 0.25) is 5.54 Å². The van der Waals surface area contributed by atoms with Crippen molar-refractivity contribution in [1.82, 2.24) is 0 Å². The lowest BCUT2D eigenvalue weighted by Gasteiger charge is -2.41. The average Bonchev–Trinajstić information content (AvgIpc) is 2.54. The second kappa shape index (κ2) is 7.52. The van der Waals surface area contributed by atoms with Crippen LogP contribution in [0.3, 0.4) is 0 Å². The van der Waals surface area contributed by atoms with Gasteiger partial charge in [0.1, 0.15) is 6.29 Å². The maximum Gasteiger partial charge on any atom is 0.123 e. The van der Waals surface area contributed by atoms with E-state index in [1.165, 1.54) is 11.1 Å². The number of benzene rings is 2. The van der Waals surface area contributed by atoms with Crippen LogP contribution in [0.4, 0.5) is 0 Å². The Hall–Kier alpha value is -0.613. The monoisotopic (exact) mass is 436 g/mol. The summed E-state index contributed by atoms with van der Waals surface area (Å²) in [5.41, 5.74) is 4.03. The molecular formula is C21H29ISi. The van der Waals surface area contributed by atoms with Crippen molar-refractivity contribution in [2.45, 2.75) is 51.6 Å². The van der Waals surface area contributed by atoms with E-state index in [1.54, 1.807) is 0 Å². The normalized spacial score (nSPS) is 15.2. The van der Waals surface area contributed by atoms with Gasteiger partial charge in [-0.05, 0) is 33.5 Å². The summed E-state index contributed by atoms with van der Waals surface area (Å²) < 4.78 is 0. The molecule has 2 atom stereocenters. The summed E-state index contributed by atoms with van der Waals surface area (Å²) in [6, 6.07) is 22.0. The predicted octanol–water partition coefficient (Wildman–Crippen LogP) is 6.32. The van der Waals surface area contributed by atoms with Crippen LogP contribution in [0.15, 0.2) is 60.7 Å². The minimum Gasteiger partial charge on any atom is -0.122 e. The number of hydrogen-bond acceptors (Lipinski definition) is 0. The molecule has 2 rings (SSSR count). The molecule has 0 fully saturated rings. The standard InChI is InChI=1S/C21H29ISi/c1-17(20(2,3)16-18-12-8-6-9-13-18)23(22)21(4,5)19-14-10-7-11-15-19/h6-15,17,23H,16H2,1-5H3. The van der Waals surface area contributed by atoms with Crippen molar-refractivity contribution in [3.63, 3.8) is 0 Å². The van der Waals surface area contributed by atoms with Gasteiger partial charge in [0.25, 0.3) is 0 Å². The third kappa shape index (κ3) is 4.47. The van der Waals surface area contributed by atoms with Crippen LogP contribution < -0.4 is 0 Å². The van der Waals surface area contributed by atoms with E-state index in [4.69, 9.17) is 0 Å². The third-order valence-electron chi connectivity index (χ3n) is 5.38. The van der Waals surface area contributed by atoms with Gasteiger partial charge in [0.05, 0.1) is 0 Å². The van der Waals surface area contributed by atoms with E-state index in [2.05, 4.69) is 117 Å². The maximum absolute atomic E-state index is 2.82. The van der Waals surface area contributed by atoms with Crippen molar-refractivity contribution in [2.24, 2.45) is 5.41 Å². The van der Waals surface area contributed by atoms with Gasteiger partial charge in [0, 0.05) is 0 Å². The molecule has 0 N–H and O–H groups in total. The van der Waals surface area contributed by atoms with Gasteiger partial charge in [-0.15, -0.1) is 21.8 Å². The van der Waals surface area contributed by atoms with Crippen LogP contribution in [0.25, 0.3) is 0 Å². The zero-order valence-electron chi connectivity index (χ0n) is 15.0. The summed E-state index contributed by atoms with van der Waals surface area (Å²) in [5.74, 6) is 0. The summed E-state index contributed by atoms with van der Waals surface area (Å²) in [4.78, 5) is 0. The SMILES string of the molecule is CC([SiH](I)C(C)(C)c1ccccc1)C(C)(C)Cc1ccccc1. The molecule has 0 radical (unpaired) electrons. The van der Waals surface area contributed by atoms with Crippen molar-refractivity contribution in [3.05, 3.63) is 71.8 Å². The first-order valence-corrected chi connectivity index (χ1v) is 13.9. The topological polar surface area (TPSA) is 0 Å². The molecule has 2 unspecified atom stereocenters. The zero-order chi connectivity index (χ0) is 17.1. The molecule has 2 heteroatoms. The van der Waals surface area contributed by atoms with E-state index in [0.717, 1.165) is 12.0 Å². The molecule has 0 saturated heterocycles. The van der Waals surface area contributed by atoms with Crippen LogP contribution in [-0.4, -0.2) is 6.29 Å². The summed E-state index contributed by atoms with van der Waals surface area (Å²) in [6.07, 6.45) is 0.131. The van der Waals surface area contributed by atoms with E-state index >= 15 is 0 Å². The molecule has 0 aliphatic carbocycles. The first-order chi connectivity index (χ1) is 10.7. The number of rotatable bonds is 6. The van der Waals surface area contributed by atoms with Crippen LogP contribution in [0, 0.1) is 5.41 Å². The Morgan fingerprint density at radius 3 is 1.87 bits per heavy atom. The Morgan fingerprint density at radius 2 is 1.35 bits per heavy atom. The van der Waals surface area contributed by atoms with E-state index in [1.807, 2.05) is 0 Å². The summed E-state index contributed by atoms with van der Waals surface area (Å²) >= 11 is 2.82. The summed E-state index contributed by atoms with van der Waals surface area (Å²) in [5, 5.41) is 0.301. The second-order valence-corrected chi connectivity index (χ2v) is 15.2. The Balaban J connectivity index is 2.19. The molecular weight excluding hydrogens is 407 g/mol. The van der Waals surface area contributed by atoms with Gasteiger partial charge in [0.15, 0.2) is 0 Å². The fraction of sp³-hybridized carbons (Fsp3) is 0.429. The molecule has 0 heterocycles. The predicted molar refractivity (Wildman–Crippen MR) is 114 cm³/mol. The maximum atomic E-state index is 2.82. The molecule has 0 bridgehead atoms. The molecule has 124 valence electrons. The molecule has 2 aromatic carbocycles. The van der Waals surface area contributed by atoms with Crippen LogP contribution >= 0.6 is 21.8 Å². The Morgan fingerprint density at radius 1 is 0.870 bits per heavy atom. The van der Waals surface area contributed by atoms with Crippen LogP contribution in [0.5, 0.6) is 0 Å². The summed E-state index contributed by atoms with van der Waals surface area (Å²) in [7, 11) is 0. The first-order valence-electron chi connectivity index (χ1n) is 8.48. The first kappa shape index (κ1) is 18.7. The van der Waals surface area contributed by atoms with Crippen molar-refractivity contribution < 1.29 is 0 Å². The van der Waals surface area contributed by atoms with Gasteiger partial charge in [-0.3, -0.25) is 0 Å². The fourth-order valence-electron chi connectivity index (χ4n) is 3.33. The second-order valence-electron chi connectivity index (χ2n) is 7.93. The van der Waals surface area contributed by atoms with Crippen molar-refractivity contribution in [3.8, 4) is 0 Å². The van der Waals surface area contributed by atoms with E-state index < -0.39 is 6.29 Å². The molecule has 0 nitrogen and oxygen atoms in total. The van der Waals surface area contributed by atoms with Crippen LogP contribution in [-0.2, 0) is 11.5 Å². The lowest BCUT2D eigenvalue weighted by molar-refractivity contribution is 0.342. The van der Waals surface area contributed by atoms with Gasteiger partial charge in [-0.2, -0.15) is 0 Å². The van der Waals surface area contributed by atoms with Crippen LogP contribution in [0.1, 0.15) is 45.7 Å². The quantitative estimate of drug-likeness (QED) is 0.282. The van der Waals surface area contributed by atoms with Gasteiger partial charge >= 0.3 is 0 Å².